The SMILES string of the molecule is CCOC(=O)c1cc2cc(OC)c(OCc3ccccc3)cc2o1. The van der Waals surface area contributed by atoms with Crippen LogP contribution in [-0.4, -0.2) is 19.7 Å². The van der Waals surface area contributed by atoms with Gasteiger partial charge in [-0.15, -0.1) is 0 Å². The fraction of sp³-hybridized carbons (Fsp3) is 0.211. The minimum absolute atomic E-state index is 0.161. The Balaban J connectivity index is 1.88. The Morgan fingerprint density at radius 2 is 1.88 bits per heavy atom. The first kappa shape index (κ1) is 15.9. The van der Waals surface area contributed by atoms with Crippen LogP contribution in [0.5, 0.6) is 11.5 Å². The number of benzene rings is 2. The van der Waals surface area contributed by atoms with E-state index < -0.39 is 5.97 Å². The van der Waals surface area contributed by atoms with Gasteiger partial charge in [0.15, 0.2) is 11.5 Å². The number of esters is 1. The Morgan fingerprint density at radius 3 is 2.58 bits per heavy atom. The molecular weight excluding hydrogens is 308 g/mol. The Morgan fingerprint density at radius 1 is 1.08 bits per heavy atom. The molecule has 0 atom stereocenters. The molecule has 0 aliphatic heterocycles. The largest absolute Gasteiger partial charge is 0.493 e. The maximum Gasteiger partial charge on any atom is 0.374 e. The smallest absolute Gasteiger partial charge is 0.374 e. The molecule has 5 heteroatoms. The third-order valence-corrected chi connectivity index (χ3v) is 3.52. The van der Waals surface area contributed by atoms with Crippen LogP contribution in [0, 0.1) is 0 Å². The molecule has 24 heavy (non-hydrogen) atoms. The van der Waals surface area contributed by atoms with Crippen LogP contribution < -0.4 is 9.47 Å². The van der Waals surface area contributed by atoms with Gasteiger partial charge in [-0.1, -0.05) is 30.3 Å². The number of furan rings is 1. The zero-order chi connectivity index (χ0) is 16.9. The molecule has 0 amide bonds. The molecule has 0 bridgehead atoms. The first-order valence-corrected chi connectivity index (χ1v) is 7.66. The maximum atomic E-state index is 11.8. The van der Waals surface area contributed by atoms with E-state index in [9.17, 15) is 4.79 Å². The lowest BCUT2D eigenvalue weighted by Crippen LogP contribution is -2.02. The second kappa shape index (κ2) is 7.08. The summed E-state index contributed by atoms with van der Waals surface area (Å²) in [6.07, 6.45) is 0. The van der Waals surface area contributed by atoms with Crippen molar-refractivity contribution in [2.24, 2.45) is 0 Å². The van der Waals surface area contributed by atoms with Crippen LogP contribution in [0.1, 0.15) is 23.0 Å². The van der Waals surface area contributed by atoms with Crippen LogP contribution in [0.3, 0.4) is 0 Å². The number of hydrogen-bond donors (Lipinski definition) is 0. The van der Waals surface area contributed by atoms with Gasteiger partial charge in [0, 0.05) is 11.5 Å². The molecule has 2 aromatic carbocycles. The molecule has 0 saturated carbocycles. The summed E-state index contributed by atoms with van der Waals surface area (Å²) in [4.78, 5) is 11.8. The molecule has 1 aromatic heterocycles. The first-order valence-electron chi connectivity index (χ1n) is 7.66. The lowest BCUT2D eigenvalue weighted by Gasteiger charge is -2.10. The molecule has 0 saturated heterocycles. The molecule has 0 radical (unpaired) electrons. The highest BCUT2D eigenvalue weighted by molar-refractivity contribution is 5.93. The fourth-order valence-corrected chi connectivity index (χ4v) is 2.36. The van der Waals surface area contributed by atoms with Crippen molar-refractivity contribution in [1.82, 2.24) is 0 Å². The number of rotatable bonds is 6. The fourth-order valence-electron chi connectivity index (χ4n) is 2.36. The van der Waals surface area contributed by atoms with Crippen molar-refractivity contribution in [2.45, 2.75) is 13.5 Å². The maximum absolute atomic E-state index is 11.8. The van der Waals surface area contributed by atoms with E-state index in [4.69, 9.17) is 18.6 Å². The van der Waals surface area contributed by atoms with E-state index >= 15 is 0 Å². The van der Waals surface area contributed by atoms with Gasteiger partial charge in [0.05, 0.1) is 13.7 Å². The Hall–Kier alpha value is -2.95. The van der Waals surface area contributed by atoms with Crippen LogP contribution in [0.25, 0.3) is 11.0 Å². The molecular formula is C19H18O5. The quantitative estimate of drug-likeness (QED) is 0.636. The van der Waals surface area contributed by atoms with Crippen LogP contribution in [0.15, 0.2) is 52.9 Å². The average Bonchev–Trinajstić information content (AvgIpc) is 3.03. The Labute approximate surface area is 139 Å². The molecule has 3 aromatic rings. The molecule has 0 aliphatic rings. The molecule has 0 unspecified atom stereocenters. The van der Waals surface area contributed by atoms with E-state index in [-0.39, 0.29) is 5.76 Å². The predicted octanol–water partition coefficient (Wildman–Crippen LogP) is 4.20. The standard InChI is InChI=1S/C19H18O5/c1-3-22-19(20)18-10-14-9-16(21-2)17(11-15(14)24-18)23-12-13-7-5-4-6-8-13/h4-11H,3,12H2,1-2H3. The van der Waals surface area contributed by atoms with Crippen LogP contribution in [0.4, 0.5) is 0 Å². The predicted molar refractivity (Wildman–Crippen MR) is 89.5 cm³/mol. The van der Waals surface area contributed by atoms with E-state index in [0.717, 1.165) is 10.9 Å². The number of fused-ring (bicyclic) bond motifs is 1. The van der Waals surface area contributed by atoms with E-state index in [1.165, 1.54) is 0 Å². The van der Waals surface area contributed by atoms with Crippen molar-refractivity contribution in [3.8, 4) is 11.5 Å². The summed E-state index contributed by atoms with van der Waals surface area (Å²) in [7, 11) is 1.57. The normalized spacial score (nSPS) is 10.6. The van der Waals surface area contributed by atoms with Gasteiger partial charge in [-0.25, -0.2) is 4.79 Å². The van der Waals surface area contributed by atoms with Crippen molar-refractivity contribution in [3.05, 3.63) is 59.9 Å². The van der Waals surface area contributed by atoms with Gasteiger partial charge < -0.3 is 18.6 Å². The molecule has 0 aliphatic carbocycles. The summed E-state index contributed by atoms with van der Waals surface area (Å²) < 4.78 is 21.7. The third-order valence-electron chi connectivity index (χ3n) is 3.52. The van der Waals surface area contributed by atoms with Gasteiger partial charge in [0.2, 0.25) is 5.76 Å². The molecule has 3 rings (SSSR count). The second-order valence-electron chi connectivity index (χ2n) is 5.15. The molecule has 0 spiro atoms. The third kappa shape index (κ3) is 3.35. The molecule has 1 heterocycles. The lowest BCUT2D eigenvalue weighted by atomic mass is 10.2. The molecule has 124 valence electrons. The molecule has 0 fully saturated rings. The number of methoxy groups -OCH3 is 1. The van der Waals surface area contributed by atoms with Gasteiger partial charge in [0.1, 0.15) is 12.2 Å². The van der Waals surface area contributed by atoms with Gasteiger partial charge in [-0.2, -0.15) is 0 Å². The summed E-state index contributed by atoms with van der Waals surface area (Å²) >= 11 is 0. The highest BCUT2D eigenvalue weighted by Gasteiger charge is 2.16. The lowest BCUT2D eigenvalue weighted by molar-refractivity contribution is 0.0492. The van der Waals surface area contributed by atoms with Gasteiger partial charge in [0.25, 0.3) is 0 Å². The average molecular weight is 326 g/mol. The molecule has 5 nitrogen and oxygen atoms in total. The zero-order valence-electron chi connectivity index (χ0n) is 13.6. The summed E-state index contributed by atoms with van der Waals surface area (Å²) in [6.45, 7) is 2.46. The number of carbonyl (C=O) groups excluding carboxylic acids is 1. The topological polar surface area (TPSA) is 57.9 Å². The number of carbonyl (C=O) groups is 1. The summed E-state index contributed by atoms with van der Waals surface area (Å²) in [5.74, 6) is 0.807. The van der Waals surface area contributed by atoms with E-state index in [1.54, 1.807) is 32.2 Å². The zero-order valence-corrected chi connectivity index (χ0v) is 13.6. The summed E-state index contributed by atoms with van der Waals surface area (Å²) in [5.41, 5.74) is 1.59. The van der Waals surface area contributed by atoms with E-state index in [1.807, 2.05) is 30.3 Å². The first-order chi connectivity index (χ1) is 11.7. The molecule has 0 N–H and O–H groups in total. The Bertz CT molecular complexity index is 836. The number of hydrogen-bond acceptors (Lipinski definition) is 5. The highest BCUT2D eigenvalue weighted by Crippen LogP contribution is 2.34. The van der Waals surface area contributed by atoms with Crippen molar-refractivity contribution in [2.75, 3.05) is 13.7 Å². The summed E-state index contributed by atoms with van der Waals surface area (Å²) in [6, 6.07) is 15.0. The van der Waals surface area contributed by atoms with Crippen molar-refractivity contribution < 1.29 is 23.4 Å². The van der Waals surface area contributed by atoms with E-state index in [0.29, 0.717) is 30.3 Å². The monoisotopic (exact) mass is 326 g/mol. The minimum Gasteiger partial charge on any atom is -0.493 e. The van der Waals surface area contributed by atoms with Crippen LogP contribution in [-0.2, 0) is 11.3 Å². The van der Waals surface area contributed by atoms with Crippen molar-refractivity contribution in [3.63, 3.8) is 0 Å². The van der Waals surface area contributed by atoms with E-state index in [2.05, 4.69) is 0 Å². The van der Waals surface area contributed by atoms with Gasteiger partial charge in [-0.05, 0) is 24.6 Å². The van der Waals surface area contributed by atoms with Crippen LogP contribution in [0.2, 0.25) is 0 Å². The highest BCUT2D eigenvalue weighted by atomic mass is 16.5. The second-order valence-corrected chi connectivity index (χ2v) is 5.15. The van der Waals surface area contributed by atoms with Gasteiger partial charge in [-0.3, -0.25) is 0 Å². The Kier molecular flexibility index (Phi) is 4.70. The van der Waals surface area contributed by atoms with Gasteiger partial charge >= 0.3 is 5.97 Å². The van der Waals surface area contributed by atoms with Crippen molar-refractivity contribution in [1.29, 1.82) is 0 Å². The summed E-state index contributed by atoms with van der Waals surface area (Å²) in [5, 5.41) is 0.752. The minimum atomic E-state index is -0.487. The number of ether oxygens (including phenoxy) is 3. The van der Waals surface area contributed by atoms with Crippen LogP contribution >= 0.6 is 0 Å². The van der Waals surface area contributed by atoms with Crippen molar-refractivity contribution >= 4 is 16.9 Å².